The first kappa shape index (κ1) is 26.3. The Bertz CT molecular complexity index is 812. The predicted molar refractivity (Wildman–Crippen MR) is 113 cm³/mol. The third-order valence-electron chi connectivity index (χ3n) is 3.98. The summed E-state index contributed by atoms with van der Waals surface area (Å²) in [4.78, 5) is 49.3. The second-order valence-electron chi connectivity index (χ2n) is 8.15. The van der Waals surface area contributed by atoms with E-state index < -0.39 is 47.5 Å². The number of hydrogen-bond donors (Lipinski definition) is 2. The lowest BCUT2D eigenvalue weighted by Crippen LogP contribution is -2.55. The van der Waals surface area contributed by atoms with E-state index in [1.807, 2.05) is 0 Å². The minimum absolute atomic E-state index is 0.106. The van der Waals surface area contributed by atoms with E-state index in [1.165, 1.54) is 24.3 Å². The second kappa shape index (κ2) is 11.0. The van der Waals surface area contributed by atoms with Crippen molar-refractivity contribution in [2.24, 2.45) is 17.4 Å². The summed E-state index contributed by atoms with van der Waals surface area (Å²) in [5.41, 5.74) is 11.3. The van der Waals surface area contributed by atoms with Gasteiger partial charge in [0.1, 0.15) is 5.60 Å². The molecule has 0 fully saturated rings. The fraction of sp³-hybridized carbons (Fsp3) is 0.545. The van der Waals surface area contributed by atoms with Crippen molar-refractivity contribution in [1.82, 2.24) is 0 Å². The maximum absolute atomic E-state index is 12.6. The maximum Gasteiger partial charge on any atom is 0.338 e. The van der Waals surface area contributed by atoms with Gasteiger partial charge in [-0.1, -0.05) is 25.5 Å². The number of nitrogens with two attached hydrogens (primary N) is 2. The number of hydrogen-bond acceptors (Lipinski definition) is 9. The van der Waals surface area contributed by atoms with Crippen molar-refractivity contribution < 1.29 is 33.4 Å². The van der Waals surface area contributed by atoms with E-state index in [4.69, 9.17) is 25.7 Å². The summed E-state index contributed by atoms with van der Waals surface area (Å²) in [7, 11) is 0. The third-order valence-corrected chi connectivity index (χ3v) is 3.98. The molecule has 0 aliphatic rings. The van der Waals surface area contributed by atoms with Gasteiger partial charge in [0.25, 0.3) is 0 Å². The fourth-order valence-electron chi connectivity index (χ4n) is 2.67. The summed E-state index contributed by atoms with van der Waals surface area (Å²) in [6, 6.07) is 5.86. The molecular formula is C22H32N2O7. The highest BCUT2D eigenvalue weighted by molar-refractivity contribution is 6.00. The van der Waals surface area contributed by atoms with Crippen LogP contribution in [0.3, 0.4) is 0 Å². The zero-order chi connectivity index (χ0) is 23.8. The molecule has 1 aromatic rings. The summed E-state index contributed by atoms with van der Waals surface area (Å²) in [6.45, 7) is 8.70. The maximum atomic E-state index is 12.6. The Morgan fingerprint density at radius 3 is 2.13 bits per heavy atom. The van der Waals surface area contributed by atoms with Crippen LogP contribution < -0.4 is 11.5 Å². The molecule has 0 aliphatic heterocycles. The molecule has 172 valence electrons. The van der Waals surface area contributed by atoms with Gasteiger partial charge in [-0.15, -0.1) is 0 Å². The fourth-order valence-corrected chi connectivity index (χ4v) is 2.67. The van der Waals surface area contributed by atoms with Crippen molar-refractivity contribution in [3.8, 4) is 0 Å². The highest BCUT2D eigenvalue weighted by Gasteiger charge is 2.35. The molecule has 0 heterocycles. The summed E-state index contributed by atoms with van der Waals surface area (Å²) in [5.74, 6) is -6.15. The molecule has 0 aliphatic carbocycles. The van der Waals surface area contributed by atoms with E-state index >= 15 is 0 Å². The molecule has 9 nitrogen and oxygen atoms in total. The van der Waals surface area contributed by atoms with Crippen LogP contribution in [0.5, 0.6) is 0 Å². The Morgan fingerprint density at radius 1 is 0.968 bits per heavy atom. The predicted octanol–water partition coefficient (Wildman–Crippen LogP) is 2.31. The van der Waals surface area contributed by atoms with E-state index in [1.54, 1.807) is 34.6 Å². The molecule has 1 aromatic carbocycles. The van der Waals surface area contributed by atoms with E-state index in [2.05, 4.69) is 0 Å². The highest BCUT2D eigenvalue weighted by Crippen LogP contribution is 2.18. The van der Waals surface area contributed by atoms with Gasteiger partial charge in [0.05, 0.1) is 18.6 Å². The molecule has 0 amide bonds. The normalized spacial score (nSPS) is 12.6. The zero-order valence-electron chi connectivity index (χ0n) is 18.7. The van der Waals surface area contributed by atoms with Gasteiger partial charge in [-0.25, -0.2) is 4.79 Å². The van der Waals surface area contributed by atoms with Gasteiger partial charge in [-0.2, -0.15) is 0 Å². The van der Waals surface area contributed by atoms with Gasteiger partial charge in [0, 0.05) is 5.56 Å². The van der Waals surface area contributed by atoms with Gasteiger partial charge in [-0.3, -0.25) is 25.9 Å². The molecule has 0 saturated carbocycles. The average Bonchev–Trinajstić information content (AvgIpc) is 2.64. The Kier molecular flexibility index (Phi) is 9.33. The van der Waals surface area contributed by atoms with Crippen LogP contribution in [0.1, 0.15) is 74.6 Å². The summed E-state index contributed by atoms with van der Waals surface area (Å²) in [6.07, 6.45) is 0.162. The Morgan fingerprint density at radius 2 is 1.58 bits per heavy atom. The first-order valence-corrected chi connectivity index (χ1v) is 10.1. The lowest BCUT2D eigenvalue weighted by Gasteiger charge is -2.26. The third kappa shape index (κ3) is 8.85. The summed E-state index contributed by atoms with van der Waals surface area (Å²) < 4.78 is 15.2. The lowest BCUT2D eigenvalue weighted by atomic mass is 10.0. The number of rotatable bonds is 10. The smallest absolute Gasteiger partial charge is 0.338 e. The van der Waals surface area contributed by atoms with Crippen LogP contribution in [0, 0.1) is 5.92 Å². The van der Waals surface area contributed by atoms with Crippen LogP contribution in [0.2, 0.25) is 0 Å². The van der Waals surface area contributed by atoms with Crippen LogP contribution in [0.15, 0.2) is 24.3 Å². The first-order valence-electron chi connectivity index (χ1n) is 10.1. The van der Waals surface area contributed by atoms with Crippen LogP contribution in [0.25, 0.3) is 0 Å². The van der Waals surface area contributed by atoms with E-state index in [0.29, 0.717) is 6.42 Å². The quantitative estimate of drug-likeness (QED) is 0.185. The lowest BCUT2D eigenvalue weighted by molar-refractivity contribution is -0.171. The number of ketones is 1. The molecule has 1 unspecified atom stereocenters. The van der Waals surface area contributed by atoms with Gasteiger partial charge >= 0.3 is 17.9 Å². The Balaban J connectivity index is 2.90. The minimum atomic E-state index is -2.14. The van der Waals surface area contributed by atoms with Gasteiger partial charge in [0.15, 0.2) is 11.7 Å². The van der Waals surface area contributed by atoms with Crippen LogP contribution in [-0.2, 0) is 23.8 Å². The van der Waals surface area contributed by atoms with Crippen molar-refractivity contribution in [3.05, 3.63) is 35.4 Å². The highest BCUT2D eigenvalue weighted by atomic mass is 16.6. The number of esters is 3. The average molecular weight is 437 g/mol. The van der Waals surface area contributed by atoms with Gasteiger partial charge < -0.3 is 14.2 Å². The second-order valence-corrected chi connectivity index (χ2v) is 8.15. The molecule has 9 heteroatoms. The molecule has 0 saturated heterocycles. The number of ether oxygens (including phenoxy) is 3. The summed E-state index contributed by atoms with van der Waals surface area (Å²) >= 11 is 0. The Hall–Kier alpha value is -2.78. The molecule has 0 bridgehead atoms. The largest absolute Gasteiger partial charge is 0.465 e. The van der Waals surface area contributed by atoms with E-state index in [0.717, 1.165) is 0 Å². The van der Waals surface area contributed by atoms with Gasteiger partial charge in [0.2, 0.25) is 5.85 Å². The molecular weight excluding hydrogens is 404 g/mol. The molecule has 0 radical (unpaired) electrons. The van der Waals surface area contributed by atoms with Crippen LogP contribution in [0.4, 0.5) is 0 Å². The summed E-state index contributed by atoms with van der Waals surface area (Å²) in [5, 5.41) is 0. The van der Waals surface area contributed by atoms with Gasteiger partial charge in [-0.05, 0) is 46.2 Å². The molecule has 1 atom stereocenters. The van der Waals surface area contributed by atoms with Crippen molar-refractivity contribution in [1.29, 1.82) is 0 Å². The van der Waals surface area contributed by atoms with Crippen molar-refractivity contribution in [3.63, 3.8) is 0 Å². The zero-order valence-corrected chi connectivity index (χ0v) is 18.7. The van der Waals surface area contributed by atoms with Crippen LogP contribution >= 0.6 is 0 Å². The molecule has 4 N–H and O–H groups in total. The van der Waals surface area contributed by atoms with Crippen molar-refractivity contribution in [2.45, 2.75) is 65.3 Å². The minimum Gasteiger partial charge on any atom is -0.465 e. The number of Topliss-reactive ketones (excluding diaryl/α,β-unsaturated/α-hetero) is 1. The molecule has 1 rings (SSSR count). The standard InChI is InChI=1S/C22H32N2O7/c1-6-9-16(19(27)29-7-2)20(28)31-22(23,24)13-17(25)14-10-8-11-15(12-14)18(26)30-21(3,4)5/h8,10-12,16H,6-7,9,13,23-24H2,1-5H3. The van der Waals surface area contributed by atoms with Crippen molar-refractivity contribution in [2.75, 3.05) is 6.61 Å². The molecule has 0 aromatic heterocycles. The number of benzene rings is 1. The van der Waals surface area contributed by atoms with Crippen molar-refractivity contribution >= 4 is 23.7 Å². The molecule has 0 spiro atoms. The SMILES string of the molecule is CCCC(C(=O)OCC)C(=O)OC(N)(N)CC(=O)c1cccc(C(=O)OC(C)(C)C)c1. The number of carbonyl (C=O) groups is 4. The van der Waals surface area contributed by atoms with E-state index in [9.17, 15) is 19.2 Å². The molecule has 31 heavy (non-hydrogen) atoms. The topological polar surface area (TPSA) is 148 Å². The first-order chi connectivity index (χ1) is 14.3. The Labute approximate surface area is 182 Å². The van der Waals surface area contributed by atoms with Crippen LogP contribution in [-0.4, -0.2) is 41.7 Å². The monoisotopic (exact) mass is 436 g/mol. The number of carbonyl (C=O) groups excluding carboxylic acids is 4. The van der Waals surface area contributed by atoms with E-state index in [-0.39, 0.29) is 24.2 Å².